The van der Waals surface area contributed by atoms with Crippen molar-refractivity contribution in [2.24, 2.45) is 17.8 Å². The van der Waals surface area contributed by atoms with Gasteiger partial charge in [-0.3, -0.25) is 9.59 Å². The van der Waals surface area contributed by atoms with Crippen LogP contribution in [0.25, 0.3) is 0 Å². The average molecular weight is 223 g/mol. The number of carboxylic acids is 1. The summed E-state index contributed by atoms with van der Waals surface area (Å²) in [5.41, 5.74) is 0. The Morgan fingerprint density at radius 3 is 2.56 bits per heavy atom. The third-order valence-corrected chi connectivity index (χ3v) is 3.47. The van der Waals surface area contributed by atoms with Gasteiger partial charge in [-0.2, -0.15) is 0 Å². The molecule has 0 aromatic carbocycles. The Bertz CT molecular complexity index is 333. The van der Waals surface area contributed by atoms with Crippen molar-refractivity contribution < 1.29 is 14.7 Å². The minimum Gasteiger partial charge on any atom is -0.481 e. The summed E-state index contributed by atoms with van der Waals surface area (Å²) < 4.78 is 0. The lowest BCUT2D eigenvalue weighted by Gasteiger charge is -2.15. The maximum atomic E-state index is 11.8. The van der Waals surface area contributed by atoms with Gasteiger partial charge < -0.3 is 10.4 Å². The average Bonchev–Trinajstić information content (AvgIpc) is 2.97. The lowest BCUT2D eigenvalue weighted by Crippen LogP contribution is -2.37. The predicted molar refractivity (Wildman–Crippen MR) is 58.7 cm³/mol. The van der Waals surface area contributed by atoms with E-state index in [0.29, 0.717) is 12.3 Å². The minimum atomic E-state index is -0.816. The quantitative estimate of drug-likeness (QED) is 0.703. The molecule has 0 aromatic rings. The summed E-state index contributed by atoms with van der Waals surface area (Å²) in [4.78, 5) is 22.5. The van der Waals surface area contributed by atoms with Crippen LogP contribution in [0.15, 0.2) is 12.2 Å². The highest BCUT2D eigenvalue weighted by Crippen LogP contribution is 2.36. The lowest BCUT2D eigenvalue weighted by molar-refractivity contribution is -0.140. The van der Waals surface area contributed by atoms with Gasteiger partial charge in [-0.25, -0.2) is 0 Å². The molecular weight excluding hydrogens is 206 g/mol. The lowest BCUT2D eigenvalue weighted by atomic mass is 10.0. The van der Waals surface area contributed by atoms with Gasteiger partial charge in [0, 0.05) is 12.0 Å². The van der Waals surface area contributed by atoms with Crippen LogP contribution in [0, 0.1) is 17.8 Å². The van der Waals surface area contributed by atoms with E-state index in [0.717, 1.165) is 12.8 Å². The molecule has 1 fully saturated rings. The van der Waals surface area contributed by atoms with Crippen LogP contribution in [-0.4, -0.2) is 23.0 Å². The van der Waals surface area contributed by atoms with E-state index in [1.165, 1.54) is 0 Å². The highest BCUT2D eigenvalue weighted by molar-refractivity contribution is 5.80. The molecule has 0 aromatic heterocycles. The summed E-state index contributed by atoms with van der Waals surface area (Å²) in [6, 6.07) is -0.102. The number of hydrogen-bond acceptors (Lipinski definition) is 2. The molecule has 0 saturated heterocycles. The maximum absolute atomic E-state index is 11.8. The van der Waals surface area contributed by atoms with Crippen LogP contribution < -0.4 is 5.32 Å². The fourth-order valence-corrected chi connectivity index (χ4v) is 2.11. The van der Waals surface area contributed by atoms with Crippen molar-refractivity contribution >= 4 is 11.9 Å². The van der Waals surface area contributed by atoms with Crippen molar-refractivity contribution in [2.45, 2.75) is 32.2 Å². The summed E-state index contributed by atoms with van der Waals surface area (Å²) in [5.74, 6) is -0.592. The number of amides is 1. The first-order valence-electron chi connectivity index (χ1n) is 5.79. The molecule has 0 bridgehead atoms. The van der Waals surface area contributed by atoms with Gasteiger partial charge in [0.1, 0.15) is 0 Å². The fourth-order valence-electron chi connectivity index (χ4n) is 2.11. The first-order valence-corrected chi connectivity index (χ1v) is 5.79. The van der Waals surface area contributed by atoms with Crippen molar-refractivity contribution in [3.63, 3.8) is 0 Å². The molecule has 3 unspecified atom stereocenters. The van der Waals surface area contributed by atoms with Crippen LogP contribution >= 0.6 is 0 Å². The van der Waals surface area contributed by atoms with Gasteiger partial charge in [-0.1, -0.05) is 19.1 Å². The normalized spacial score (nSPS) is 30.1. The van der Waals surface area contributed by atoms with E-state index in [1.807, 2.05) is 6.92 Å². The van der Waals surface area contributed by atoms with E-state index in [4.69, 9.17) is 5.11 Å². The van der Waals surface area contributed by atoms with Crippen LogP contribution in [0.5, 0.6) is 0 Å². The van der Waals surface area contributed by atoms with E-state index in [2.05, 4.69) is 5.32 Å². The minimum absolute atomic E-state index is 0.0585. The number of carboxylic acid groups (broad SMARTS) is 1. The summed E-state index contributed by atoms with van der Waals surface area (Å²) >= 11 is 0. The fraction of sp³-hybridized carbons (Fsp3) is 0.667. The highest BCUT2D eigenvalue weighted by Gasteiger charge is 2.34. The second-order valence-corrected chi connectivity index (χ2v) is 4.81. The van der Waals surface area contributed by atoms with Gasteiger partial charge in [0.05, 0.1) is 5.92 Å². The third-order valence-electron chi connectivity index (χ3n) is 3.47. The van der Waals surface area contributed by atoms with Crippen molar-refractivity contribution in [1.82, 2.24) is 5.32 Å². The van der Waals surface area contributed by atoms with Gasteiger partial charge in [0.25, 0.3) is 0 Å². The standard InChI is InChI=1S/C12H17NO3/c1-7(8-2-3-8)11(14)13-10-5-4-9(6-10)12(15)16/h4-5,7-10H,2-3,6H2,1H3,(H,13,14)(H,15,16). The molecule has 0 radical (unpaired) electrons. The monoisotopic (exact) mass is 223 g/mol. The van der Waals surface area contributed by atoms with Crippen molar-refractivity contribution in [2.75, 3.05) is 0 Å². The number of carbonyl (C=O) groups excluding carboxylic acids is 1. The Kier molecular flexibility index (Phi) is 2.99. The number of aliphatic carboxylic acids is 1. The molecule has 1 saturated carbocycles. The molecule has 2 N–H and O–H groups in total. The van der Waals surface area contributed by atoms with Gasteiger partial charge in [-0.05, 0) is 25.2 Å². The Morgan fingerprint density at radius 2 is 2.06 bits per heavy atom. The summed E-state index contributed by atoms with van der Waals surface area (Å²) in [7, 11) is 0. The van der Waals surface area contributed by atoms with Crippen LogP contribution in [-0.2, 0) is 9.59 Å². The van der Waals surface area contributed by atoms with Gasteiger partial charge in [0.2, 0.25) is 5.91 Å². The zero-order chi connectivity index (χ0) is 11.7. The molecule has 0 heterocycles. The predicted octanol–water partition coefficient (Wildman–Crippen LogP) is 1.18. The third kappa shape index (κ3) is 2.43. The molecule has 16 heavy (non-hydrogen) atoms. The number of rotatable bonds is 4. The molecule has 3 atom stereocenters. The van der Waals surface area contributed by atoms with E-state index >= 15 is 0 Å². The zero-order valence-electron chi connectivity index (χ0n) is 9.35. The Hall–Kier alpha value is -1.32. The van der Waals surface area contributed by atoms with Crippen LogP contribution in [0.1, 0.15) is 26.2 Å². The van der Waals surface area contributed by atoms with Gasteiger partial charge >= 0.3 is 5.97 Å². The molecular formula is C12H17NO3. The largest absolute Gasteiger partial charge is 0.481 e. The van der Waals surface area contributed by atoms with E-state index < -0.39 is 11.9 Å². The maximum Gasteiger partial charge on any atom is 0.310 e. The van der Waals surface area contributed by atoms with E-state index in [1.54, 1.807) is 12.2 Å². The Labute approximate surface area is 94.7 Å². The zero-order valence-corrected chi connectivity index (χ0v) is 9.35. The molecule has 88 valence electrons. The highest BCUT2D eigenvalue weighted by atomic mass is 16.4. The molecule has 2 aliphatic rings. The summed E-state index contributed by atoms with van der Waals surface area (Å²) in [6.45, 7) is 1.94. The Balaban J connectivity index is 1.80. The second-order valence-electron chi connectivity index (χ2n) is 4.81. The first kappa shape index (κ1) is 11.2. The molecule has 2 aliphatic carbocycles. The molecule has 2 rings (SSSR count). The topological polar surface area (TPSA) is 66.4 Å². The molecule has 0 spiro atoms. The van der Waals surface area contributed by atoms with Crippen molar-refractivity contribution in [1.29, 1.82) is 0 Å². The molecule has 1 amide bonds. The summed E-state index contributed by atoms with van der Waals surface area (Å²) in [5, 5.41) is 11.7. The molecule has 4 nitrogen and oxygen atoms in total. The van der Waals surface area contributed by atoms with Crippen LogP contribution in [0.3, 0.4) is 0 Å². The first-order chi connectivity index (χ1) is 7.58. The van der Waals surface area contributed by atoms with E-state index in [-0.39, 0.29) is 17.9 Å². The number of hydrogen-bond donors (Lipinski definition) is 2. The summed E-state index contributed by atoms with van der Waals surface area (Å²) in [6.07, 6.45) is 6.23. The number of carbonyl (C=O) groups is 2. The second kappa shape index (κ2) is 4.28. The smallest absolute Gasteiger partial charge is 0.310 e. The van der Waals surface area contributed by atoms with Crippen molar-refractivity contribution in [3.8, 4) is 0 Å². The van der Waals surface area contributed by atoms with Gasteiger partial charge in [0.15, 0.2) is 0 Å². The van der Waals surface area contributed by atoms with Crippen molar-refractivity contribution in [3.05, 3.63) is 12.2 Å². The Morgan fingerprint density at radius 1 is 1.38 bits per heavy atom. The van der Waals surface area contributed by atoms with E-state index in [9.17, 15) is 9.59 Å². The SMILES string of the molecule is CC(C(=O)NC1C=CC(C(=O)O)C1)C1CC1. The van der Waals surface area contributed by atoms with Gasteiger partial charge in [-0.15, -0.1) is 0 Å². The van der Waals surface area contributed by atoms with Crippen LogP contribution in [0.4, 0.5) is 0 Å². The molecule has 0 aliphatic heterocycles. The number of nitrogens with one attached hydrogen (secondary N) is 1. The van der Waals surface area contributed by atoms with Crippen LogP contribution in [0.2, 0.25) is 0 Å². The molecule has 4 heteroatoms.